The molecular formula is C22H26O9. The second-order valence-corrected chi connectivity index (χ2v) is 9.97. The van der Waals surface area contributed by atoms with E-state index < -0.39 is 59.1 Å². The smallest absolute Gasteiger partial charge is 0.345 e. The van der Waals surface area contributed by atoms with Crippen LogP contribution >= 0.6 is 0 Å². The average Bonchev–Trinajstić information content (AvgIpc) is 3.62. The van der Waals surface area contributed by atoms with Gasteiger partial charge in [0.25, 0.3) is 0 Å². The molecule has 6 heterocycles. The van der Waals surface area contributed by atoms with Gasteiger partial charge in [0.1, 0.15) is 47.6 Å². The van der Waals surface area contributed by atoms with Crippen molar-refractivity contribution in [3.63, 3.8) is 0 Å². The summed E-state index contributed by atoms with van der Waals surface area (Å²) in [6, 6.07) is 1.88. The lowest BCUT2D eigenvalue weighted by atomic mass is 9.79. The predicted octanol–water partition coefficient (Wildman–Crippen LogP) is 1.65. The number of aliphatic hydroxyl groups is 1. The first-order valence-electron chi connectivity index (χ1n) is 10.7. The maximum Gasteiger partial charge on any atom is 0.345 e. The van der Waals surface area contributed by atoms with Crippen molar-refractivity contribution in [1.82, 2.24) is 0 Å². The van der Waals surface area contributed by atoms with Gasteiger partial charge < -0.3 is 33.2 Å². The molecule has 6 rings (SSSR count). The van der Waals surface area contributed by atoms with Gasteiger partial charge in [0, 0.05) is 19.3 Å². The average molecular weight is 434 g/mol. The first kappa shape index (κ1) is 19.7. The molecule has 0 aromatic carbocycles. The third-order valence-electron chi connectivity index (χ3n) is 7.62. The minimum atomic E-state index is -1.35. The van der Waals surface area contributed by atoms with Crippen molar-refractivity contribution in [3.8, 4) is 0 Å². The fourth-order valence-corrected chi connectivity index (χ4v) is 5.58. The molecular weight excluding hydrogens is 408 g/mol. The molecule has 168 valence electrons. The molecule has 9 atom stereocenters. The van der Waals surface area contributed by atoms with Crippen molar-refractivity contribution in [2.45, 2.75) is 87.9 Å². The Balaban J connectivity index is 1.45. The zero-order valence-electron chi connectivity index (χ0n) is 17.9. The van der Waals surface area contributed by atoms with Crippen molar-refractivity contribution in [2.75, 3.05) is 6.61 Å². The Hall–Kier alpha value is -1.94. The SMILES string of the molecule is CC(=O)O[C@H]1CC([C@@]2(C)CO2)[C@@H](O)c2oc(cc2C)[C@@H]2O[C@@]2(C)C[C@H]2OC(=O)[C@@]13O[C@H]23. The molecule has 0 saturated carbocycles. The summed E-state index contributed by atoms with van der Waals surface area (Å²) in [5.74, 6) is -0.478. The van der Waals surface area contributed by atoms with E-state index in [4.69, 9.17) is 28.1 Å². The molecule has 1 unspecified atom stereocenters. The van der Waals surface area contributed by atoms with E-state index in [1.54, 1.807) is 0 Å². The number of rotatable bonds is 2. The normalized spacial score (nSPS) is 49.5. The lowest BCUT2D eigenvalue weighted by molar-refractivity contribution is -0.167. The Kier molecular flexibility index (Phi) is 3.75. The Bertz CT molecular complexity index is 980. The first-order chi connectivity index (χ1) is 14.6. The molecule has 4 saturated heterocycles. The lowest BCUT2D eigenvalue weighted by Crippen LogP contribution is -2.44. The Morgan fingerprint density at radius 1 is 1.26 bits per heavy atom. The third kappa shape index (κ3) is 2.70. The number of esters is 2. The molecule has 1 aromatic heterocycles. The van der Waals surface area contributed by atoms with Crippen LogP contribution in [0, 0.1) is 12.8 Å². The van der Waals surface area contributed by atoms with E-state index in [1.807, 2.05) is 26.8 Å². The highest BCUT2D eigenvalue weighted by molar-refractivity contribution is 5.88. The first-order valence-corrected chi connectivity index (χ1v) is 10.7. The number of carbonyl (C=O) groups is 2. The highest BCUT2D eigenvalue weighted by atomic mass is 16.7. The number of hydrogen-bond donors (Lipinski definition) is 1. The van der Waals surface area contributed by atoms with Crippen LogP contribution in [0.3, 0.4) is 0 Å². The highest BCUT2D eigenvalue weighted by Crippen LogP contribution is 2.60. The van der Waals surface area contributed by atoms with Gasteiger partial charge in [0.2, 0.25) is 5.60 Å². The molecule has 0 radical (unpaired) electrons. The van der Waals surface area contributed by atoms with Crippen molar-refractivity contribution in [2.24, 2.45) is 5.92 Å². The summed E-state index contributed by atoms with van der Waals surface area (Å²) >= 11 is 0. The molecule has 31 heavy (non-hydrogen) atoms. The maximum atomic E-state index is 12.9. The standard InChI is InChI=1S/C22H26O9/c1-9-5-12-17-20(3,30-17)7-13-18-22(31-18,19(25)29-13)14(27-10(2)23)6-11(21(4)8-26-21)15(24)16(9)28-12/h5,11,13-15,17-18,24H,6-8H2,1-4H3/t11?,13-,14+,15-,17+,18-,20+,21-,22-/m1/s1. The molecule has 4 bridgehead atoms. The van der Waals surface area contributed by atoms with Gasteiger partial charge in [-0.2, -0.15) is 0 Å². The van der Waals surface area contributed by atoms with Crippen LogP contribution in [0.1, 0.15) is 62.9 Å². The van der Waals surface area contributed by atoms with E-state index in [9.17, 15) is 14.7 Å². The Labute approximate surface area is 178 Å². The quantitative estimate of drug-likeness (QED) is 0.546. The Morgan fingerprint density at radius 3 is 2.65 bits per heavy atom. The van der Waals surface area contributed by atoms with Crippen LogP contribution in [0.4, 0.5) is 0 Å². The van der Waals surface area contributed by atoms with E-state index in [2.05, 4.69) is 0 Å². The number of fused-ring (bicyclic) bond motifs is 4. The van der Waals surface area contributed by atoms with Crippen molar-refractivity contribution in [3.05, 3.63) is 23.2 Å². The van der Waals surface area contributed by atoms with Crippen LogP contribution in [-0.2, 0) is 33.3 Å². The molecule has 0 spiro atoms. The monoisotopic (exact) mass is 434 g/mol. The predicted molar refractivity (Wildman–Crippen MR) is 101 cm³/mol. The zero-order chi connectivity index (χ0) is 21.9. The number of aryl methyl sites for hydroxylation is 1. The van der Waals surface area contributed by atoms with Gasteiger partial charge in [-0.05, 0) is 38.8 Å². The molecule has 5 aliphatic heterocycles. The number of hydrogen-bond acceptors (Lipinski definition) is 9. The maximum absolute atomic E-state index is 12.9. The van der Waals surface area contributed by atoms with Gasteiger partial charge in [-0.15, -0.1) is 0 Å². The largest absolute Gasteiger partial charge is 0.460 e. The van der Waals surface area contributed by atoms with Gasteiger partial charge in [0.05, 0.1) is 12.2 Å². The minimum Gasteiger partial charge on any atom is -0.460 e. The summed E-state index contributed by atoms with van der Waals surface area (Å²) in [5.41, 5.74) is -1.75. The Morgan fingerprint density at radius 2 is 2.00 bits per heavy atom. The fraction of sp³-hybridized carbons (Fsp3) is 0.727. The van der Waals surface area contributed by atoms with Gasteiger partial charge >= 0.3 is 11.9 Å². The van der Waals surface area contributed by atoms with E-state index in [-0.39, 0.29) is 12.5 Å². The second kappa shape index (κ2) is 5.89. The van der Waals surface area contributed by atoms with E-state index in [0.717, 1.165) is 5.56 Å². The second-order valence-electron chi connectivity index (χ2n) is 9.97. The number of epoxide rings is 3. The minimum absolute atomic E-state index is 0.169. The lowest BCUT2D eigenvalue weighted by Gasteiger charge is -2.30. The molecule has 1 N–H and O–H groups in total. The molecule has 1 aromatic rings. The summed E-state index contributed by atoms with van der Waals surface area (Å²) < 4.78 is 34.9. The van der Waals surface area contributed by atoms with Crippen LogP contribution in [0.5, 0.6) is 0 Å². The highest BCUT2D eigenvalue weighted by Gasteiger charge is 2.79. The summed E-state index contributed by atoms with van der Waals surface area (Å²) in [6.45, 7) is 7.45. The van der Waals surface area contributed by atoms with E-state index >= 15 is 0 Å². The van der Waals surface area contributed by atoms with Crippen molar-refractivity contribution in [1.29, 1.82) is 0 Å². The van der Waals surface area contributed by atoms with Crippen LogP contribution in [-0.4, -0.2) is 58.8 Å². The third-order valence-corrected chi connectivity index (χ3v) is 7.62. The van der Waals surface area contributed by atoms with Gasteiger partial charge in [-0.25, -0.2) is 4.79 Å². The molecule has 0 aliphatic carbocycles. The van der Waals surface area contributed by atoms with Crippen LogP contribution in [0.15, 0.2) is 10.5 Å². The summed E-state index contributed by atoms with van der Waals surface area (Å²) in [5, 5.41) is 11.4. The molecule has 0 amide bonds. The van der Waals surface area contributed by atoms with E-state index in [0.29, 0.717) is 24.5 Å². The van der Waals surface area contributed by atoms with Crippen molar-refractivity contribution < 1.29 is 42.8 Å². The summed E-state index contributed by atoms with van der Waals surface area (Å²) in [7, 11) is 0. The number of ether oxygens (including phenoxy) is 5. The number of carbonyl (C=O) groups excluding carboxylic acids is 2. The van der Waals surface area contributed by atoms with Crippen LogP contribution in [0.2, 0.25) is 0 Å². The summed E-state index contributed by atoms with van der Waals surface area (Å²) in [6.07, 6.45) is -2.65. The molecule has 5 aliphatic rings. The van der Waals surface area contributed by atoms with E-state index in [1.165, 1.54) is 6.92 Å². The molecule has 9 heteroatoms. The number of aliphatic hydroxyl groups excluding tert-OH is 1. The van der Waals surface area contributed by atoms with Gasteiger partial charge in [-0.3, -0.25) is 4.79 Å². The van der Waals surface area contributed by atoms with Crippen LogP contribution < -0.4 is 0 Å². The summed E-state index contributed by atoms with van der Waals surface area (Å²) in [4.78, 5) is 24.9. The molecule has 9 nitrogen and oxygen atoms in total. The van der Waals surface area contributed by atoms with Gasteiger partial charge in [0.15, 0.2) is 0 Å². The van der Waals surface area contributed by atoms with Crippen molar-refractivity contribution >= 4 is 11.9 Å². The van der Waals surface area contributed by atoms with Crippen LogP contribution in [0.25, 0.3) is 0 Å². The number of furan rings is 1. The van der Waals surface area contributed by atoms with Gasteiger partial charge in [-0.1, -0.05) is 0 Å². The topological polar surface area (TPSA) is 124 Å². The fourth-order valence-electron chi connectivity index (χ4n) is 5.58. The molecule has 4 fully saturated rings. The zero-order valence-corrected chi connectivity index (χ0v) is 17.9.